The van der Waals surface area contributed by atoms with Gasteiger partial charge in [-0.1, -0.05) is 40.0 Å². The second kappa shape index (κ2) is 3.67. The first-order valence-electron chi connectivity index (χ1n) is 5.05. The van der Waals surface area contributed by atoms with E-state index < -0.39 is 0 Å². The summed E-state index contributed by atoms with van der Waals surface area (Å²) in [5.41, 5.74) is 2.60. The van der Waals surface area contributed by atoms with E-state index in [9.17, 15) is 5.11 Å². The highest BCUT2D eigenvalue weighted by atomic mass is 79.9. The third kappa shape index (κ3) is 1.51. The van der Waals surface area contributed by atoms with Crippen LogP contribution in [-0.4, -0.2) is 11.7 Å². The number of aliphatic hydroxyl groups excluding tert-OH is 1. The molecule has 2 rings (SSSR count). The zero-order valence-corrected chi connectivity index (χ0v) is 9.97. The van der Waals surface area contributed by atoms with E-state index in [1.165, 1.54) is 17.5 Å². The van der Waals surface area contributed by atoms with Crippen molar-refractivity contribution in [2.75, 3.05) is 6.61 Å². The molecule has 0 atom stereocenters. The van der Waals surface area contributed by atoms with E-state index in [1.54, 1.807) is 0 Å². The van der Waals surface area contributed by atoms with Crippen molar-refractivity contribution in [3.8, 4) is 0 Å². The molecule has 0 unspecified atom stereocenters. The summed E-state index contributed by atoms with van der Waals surface area (Å²) in [5, 5.41) is 9.48. The van der Waals surface area contributed by atoms with Crippen LogP contribution in [0, 0.1) is 6.92 Å². The SMILES string of the molecule is Cc1ccc(Br)c(C2(CO)CCC2)c1. The van der Waals surface area contributed by atoms with Gasteiger partial charge < -0.3 is 5.11 Å². The standard InChI is InChI=1S/C12H15BrO/c1-9-3-4-11(13)10(7-9)12(8-14)5-2-6-12/h3-4,7,14H,2,5-6,8H2,1H3. The van der Waals surface area contributed by atoms with E-state index in [1.807, 2.05) is 0 Å². The summed E-state index contributed by atoms with van der Waals surface area (Å²) in [6, 6.07) is 6.37. The number of benzene rings is 1. The van der Waals surface area contributed by atoms with Gasteiger partial charge in [-0.15, -0.1) is 0 Å². The summed E-state index contributed by atoms with van der Waals surface area (Å²) < 4.78 is 1.14. The van der Waals surface area contributed by atoms with Crippen LogP contribution in [0.2, 0.25) is 0 Å². The summed E-state index contributed by atoms with van der Waals surface area (Å²) in [5.74, 6) is 0. The van der Waals surface area contributed by atoms with Gasteiger partial charge in [-0.2, -0.15) is 0 Å². The average molecular weight is 255 g/mol. The van der Waals surface area contributed by atoms with Gasteiger partial charge in [-0.05, 0) is 31.4 Å². The zero-order chi connectivity index (χ0) is 10.2. The van der Waals surface area contributed by atoms with Crippen molar-refractivity contribution < 1.29 is 5.11 Å². The van der Waals surface area contributed by atoms with Crippen molar-refractivity contribution in [2.45, 2.75) is 31.6 Å². The fourth-order valence-corrected chi connectivity index (χ4v) is 2.83. The van der Waals surface area contributed by atoms with E-state index in [0.717, 1.165) is 17.3 Å². The molecule has 1 saturated carbocycles. The van der Waals surface area contributed by atoms with Crippen molar-refractivity contribution in [3.05, 3.63) is 33.8 Å². The maximum absolute atomic E-state index is 9.48. The highest BCUT2D eigenvalue weighted by Crippen LogP contribution is 2.46. The fourth-order valence-electron chi connectivity index (χ4n) is 2.16. The van der Waals surface area contributed by atoms with Crippen LogP contribution in [0.5, 0.6) is 0 Å². The number of hydrogen-bond acceptors (Lipinski definition) is 1. The third-order valence-electron chi connectivity index (χ3n) is 3.31. The minimum atomic E-state index is 0.0465. The van der Waals surface area contributed by atoms with Crippen LogP contribution in [0.1, 0.15) is 30.4 Å². The van der Waals surface area contributed by atoms with Gasteiger partial charge in [0.1, 0.15) is 0 Å². The monoisotopic (exact) mass is 254 g/mol. The Kier molecular flexibility index (Phi) is 2.67. The fraction of sp³-hybridized carbons (Fsp3) is 0.500. The Labute approximate surface area is 93.3 Å². The molecule has 0 heterocycles. The van der Waals surface area contributed by atoms with Crippen molar-refractivity contribution in [3.63, 3.8) is 0 Å². The number of hydrogen-bond donors (Lipinski definition) is 1. The second-order valence-corrected chi connectivity index (χ2v) is 5.13. The number of rotatable bonds is 2. The van der Waals surface area contributed by atoms with Crippen molar-refractivity contribution in [1.82, 2.24) is 0 Å². The van der Waals surface area contributed by atoms with Gasteiger partial charge in [-0.25, -0.2) is 0 Å². The minimum absolute atomic E-state index is 0.0465. The minimum Gasteiger partial charge on any atom is -0.395 e. The molecule has 1 nitrogen and oxygen atoms in total. The Morgan fingerprint density at radius 3 is 2.64 bits per heavy atom. The summed E-state index contributed by atoms with van der Waals surface area (Å²) in [6.07, 6.45) is 3.47. The second-order valence-electron chi connectivity index (χ2n) is 4.28. The molecule has 0 spiro atoms. The molecule has 1 aliphatic carbocycles. The molecule has 0 amide bonds. The molecule has 0 bridgehead atoms. The van der Waals surface area contributed by atoms with Gasteiger partial charge in [0.25, 0.3) is 0 Å². The van der Waals surface area contributed by atoms with Gasteiger partial charge in [0.15, 0.2) is 0 Å². The first-order chi connectivity index (χ1) is 6.68. The Morgan fingerprint density at radius 1 is 1.43 bits per heavy atom. The smallest absolute Gasteiger partial charge is 0.0528 e. The van der Waals surface area contributed by atoms with Crippen LogP contribution in [0.15, 0.2) is 22.7 Å². The first kappa shape index (κ1) is 10.2. The number of halogens is 1. The molecular formula is C12H15BrO. The Hall–Kier alpha value is -0.340. The highest BCUT2D eigenvalue weighted by Gasteiger charge is 2.39. The van der Waals surface area contributed by atoms with Crippen molar-refractivity contribution in [2.24, 2.45) is 0 Å². The van der Waals surface area contributed by atoms with E-state index in [-0.39, 0.29) is 12.0 Å². The molecule has 1 N–H and O–H groups in total. The lowest BCUT2D eigenvalue weighted by Crippen LogP contribution is -2.38. The lowest BCUT2D eigenvalue weighted by atomic mass is 9.65. The number of aliphatic hydroxyl groups is 1. The molecule has 1 aromatic carbocycles. The van der Waals surface area contributed by atoms with E-state index in [2.05, 4.69) is 41.1 Å². The van der Waals surface area contributed by atoms with Gasteiger partial charge in [-0.3, -0.25) is 0 Å². The van der Waals surface area contributed by atoms with Crippen LogP contribution in [0.25, 0.3) is 0 Å². The quantitative estimate of drug-likeness (QED) is 0.860. The van der Waals surface area contributed by atoms with Gasteiger partial charge in [0, 0.05) is 9.89 Å². The Balaban J connectivity index is 2.43. The van der Waals surface area contributed by atoms with E-state index in [4.69, 9.17) is 0 Å². The molecule has 1 aliphatic rings. The molecular weight excluding hydrogens is 240 g/mol. The van der Waals surface area contributed by atoms with Gasteiger partial charge in [0.05, 0.1) is 6.61 Å². The predicted octanol–water partition coefficient (Wildman–Crippen LogP) is 3.17. The highest BCUT2D eigenvalue weighted by molar-refractivity contribution is 9.10. The predicted molar refractivity (Wildman–Crippen MR) is 61.5 cm³/mol. The molecule has 2 heteroatoms. The maximum Gasteiger partial charge on any atom is 0.0528 e. The summed E-state index contributed by atoms with van der Waals surface area (Å²) in [6.45, 7) is 2.37. The largest absolute Gasteiger partial charge is 0.395 e. The summed E-state index contributed by atoms with van der Waals surface area (Å²) >= 11 is 3.57. The van der Waals surface area contributed by atoms with Crippen LogP contribution in [0.3, 0.4) is 0 Å². The average Bonchev–Trinajstić information content (AvgIpc) is 2.10. The molecule has 0 aromatic heterocycles. The molecule has 14 heavy (non-hydrogen) atoms. The summed E-state index contributed by atoms with van der Waals surface area (Å²) in [4.78, 5) is 0. The zero-order valence-electron chi connectivity index (χ0n) is 8.39. The molecule has 76 valence electrons. The molecule has 0 aliphatic heterocycles. The lowest BCUT2D eigenvalue weighted by Gasteiger charge is -2.41. The molecule has 1 aromatic rings. The van der Waals surface area contributed by atoms with Crippen LogP contribution < -0.4 is 0 Å². The van der Waals surface area contributed by atoms with Gasteiger partial charge >= 0.3 is 0 Å². The van der Waals surface area contributed by atoms with Crippen LogP contribution in [-0.2, 0) is 5.41 Å². The van der Waals surface area contributed by atoms with Gasteiger partial charge in [0.2, 0.25) is 0 Å². The first-order valence-corrected chi connectivity index (χ1v) is 5.85. The summed E-state index contributed by atoms with van der Waals surface area (Å²) in [7, 11) is 0. The Morgan fingerprint density at radius 2 is 2.14 bits per heavy atom. The lowest BCUT2D eigenvalue weighted by molar-refractivity contribution is 0.119. The maximum atomic E-state index is 9.48. The van der Waals surface area contributed by atoms with E-state index >= 15 is 0 Å². The molecule has 0 saturated heterocycles. The van der Waals surface area contributed by atoms with Crippen molar-refractivity contribution >= 4 is 15.9 Å². The van der Waals surface area contributed by atoms with E-state index in [0.29, 0.717) is 0 Å². The third-order valence-corrected chi connectivity index (χ3v) is 4.00. The van der Waals surface area contributed by atoms with Crippen LogP contribution >= 0.6 is 15.9 Å². The Bertz CT molecular complexity index is 337. The molecule has 1 fully saturated rings. The molecule has 0 radical (unpaired) electrons. The number of aryl methyl sites for hydroxylation is 1. The van der Waals surface area contributed by atoms with Crippen LogP contribution in [0.4, 0.5) is 0 Å². The topological polar surface area (TPSA) is 20.2 Å². The normalized spacial score (nSPS) is 19.1. The van der Waals surface area contributed by atoms with Crippen molar-refractivity contribution in [1.29, 1.82) is 0 Å².